The Morgan fingerprint density at radius 3 is 2.81 bits per heavy atom. The molecule has 0 saturated carbocycles. The van der Waals surface area contributed by atoms with Crippen molar-refractivity contribution in [1.29, 1.82) is 0 Å². The van der Waals surface area contributed by atoms with Gasteiger partial charge in [-0.1, -0.05) is 12.1 Å². The van der Waals surface area contributed by atoms with Gasteiger partial charge in [0.2, 0.25) is 5.91 Å². The summed E-state index contributed by atoms with van der Waals surface area (Å²) in [5.74, 6) is -1.01. The van der Waals surface area contributed by atoms with Gasteiger partial charge in [-0.05, 0) is 31.5 Å². The first-order chi connectivity index (χ1) is 9.95. The van der Waals surface area contributed by atoms with E-state index >= 15 is 0 Å². The number of carbonyl (C=O) groups excluding carboxylic acids is 2. The molecule has 1 aromatic carbocycles. The summed E-state index contributed by atoms with van der Waals surface area (Å²) >= 11 is 1.31. The van der Waals surface area contributed by atoms with Crippen LogP contribution < -0.4 is 16.4 Å². The van der Waals surface area contributed by atoms with Crippen molar-refractivity contribution in [3.63, 3.8) is 0 Å². The third-order valence-corrected chi connectivity index (χ3v) is 3.54. The molecule has 21 heavy (non-hydrogen) atoms. The zero-order chi connectivity index (χ0) is 15.4. The van der Waals surface area contributed by atoms with Gasteiger partial charge in [-0.2, -0.15) is 0 Å². The van der Waals surface area contributed by atoms with E-state index in [-0.39, 0.29) is 5.69 Å². The van der Waals surface area contributed by atoms with Crippen molar-refractivity contribution >= 4 is 34.0 Å². The second kappa shape index (κ2) is 6.36. The number of aromatic nitrogens is 1. The Morgan fingerprint density at radius 1 is 1.38 bits per heavy atom. The van der Waals surface area contributed by atoms with E-state index in [0.717, 1.165) is 11.3 Å². The van der Waals surface area contributed by atoms with Crippen LogP contribution in [0.15, 0.2) is 29.6 Å². The van der Waals surface area contributed by atoms with E-state index in [2.05, 4.69) is 15.6 Å². The van der Waals surface area contributed by atoms with Crippen molar-refractivity contribution in [3.05, 3.63) is 40.9 Å². The number of hydrogen-bond acceptors (Lipinski definition) is 5. The molecule has 0 bridgehead atoms. The van der Waals surface area contributed by atoms with Crippen molar-refractivity contribution in [3.8, 4) is 0 Å². The number of nitrogens with two attached hydrogens (primary N) is 1. The second-order valence-electron chi connectivity index (χ2n) is 4.63. The monoisotopic (exact) mass is 304 g/mol. The molecule has 6 nitrogen and oxygen atoms in total. The van der Waals surface area contributed by atoms with E-state index < -0.39 is 17.9 Å². The maximum absolute atomic E-state index is 11.9. The van der Waals surface area contributed by atoms with Crippen molar-refractivity contribution < 1.29 is 9.59 Å². The molecule has 0 aliphatic heterocycles. The number of rotatable bonds is 5. The third-order valence-electron chi connectivity index (χ3n) is 2.78. The largest absolute Gasteiger partial charge is 0.368 e. The molecule has 2 amide bonds. The van der Waals surface area contributed by atoms with Crippen LogP contribution in [-0.2, 0) is 4.79 Å². The van der Waals surface area contributed by atoms with Crippen LogP contribution in [-0.4, -0.2) is 22.8 Å². The van der Waals surface area contributed by atoms with Gasteiger partial charge in [0.1, 0.15) is 11.7 Å². The van der Waals surface area contributed by atoms with Crippen LogP contribution in [0, 0.1) is 6.92 Å². The number of nitrogens with one attached hydrogen (secondary N) is 2. The average Bonchev–Trinajstić information content (AvgIpc) is 2.87. The molecular formula is C14H16N4O2S. The van der Waals surface area contributed by atoms with Crippen LogP contribution in [0.4, 0.5) is 10.8 Å². The fourth-order valence-electron chi connectivity index (χ4n) is 1.62. The lowest BCUT2D eigenvalue weighted by atomic mass is 10.2. The number of anilines is 2. The lowest BCUT2D eigenvalue weighted by molar-refractivity contribution is -0.119. The fraction of sp³-hybridized carbons (Fsp3) is 0.214. The highest BCUT2D eigenvalue weighted by Gasteiger charge is 2.16. The highest BCUT2D eigenvalue weighted by Crippen LogP contribution is 2.21. The van der Waals surface area contributed by atoms with Crippen LogP contribution in [0.3, 0.4) is 0 Å². The Labute approximate surface area is 126 Å². The molecule has 1 atom stereocenters. The van der Waals surface area contributed by atoms with Gasteiger partial charge in [0.25, 0.3) is 5.91 Å². The Kier molecular flexibility index (Phi) is 4.54. The summed E-state index contributed by atoms with van der Waals surface area (Å²) in [4.78, 5) is 27.0. The van der Waals surface area contributed by atoms with Crippen molar-refractivity contribution in [2.75, 3.05) is 5.32 Å². The lowest BCUT2D eigenvalue weighted by Gasteiger charge is -2.08. The van der Waals surface area contributed by atoms with Crippen molar-refractivity contribution in [1.82, 2.24) is 10.3 Å². The van der Waals surface area contributed by atoms with Gasteiger partial charge in [0.05, 0.1) is 0 Å². The Morgan fingerprint density at radius 2 is 2.14 bits per heavy atom. The maximum Gasteiger partial charge on any atom is 0.271 e. The maximum atomic E-state index is 11.9. The highest BCUT2D eigenvalue weighted by atomic mass is 32.1. The van der Waals surface area contributed by atoms with E-state index in [9.17, 15) is 9.59 Å². The summed E-state index contributed by atoms with van der Waals surface area (Å²) in [6.45, 7) is 3.52. The number of nitrogens with zero attached hydrogens (tertiary/aromatic N) is 1. The zero-order valence-electron chi connectivity index (χ0n) is 11.7. The number of thiazole rings is 1. The average molecular weight is 304 g/mol. The lowest BCUT2D eigenvalue weighted by Crippen LogP contribution is -2.42. The molecular weight excluding hydrogens is 288 g/mol. The van der Waals surface area contributed by atoms with E-state index in [1.54, 1.807) is 5.38 Å². The summed E-state index contributed by atoms with van der Waals surface area (Å²) in [7, 11) is 0. The van der Waals surface area contributed by atoms with Crippen LogP contribution in [0.1, 0.15) is 23.0 Å². The van der Waals surface area contributed by atoms with Crippen LogP contribution in [0.2, 0.25) is 0 Å². The number of primary amides is 1. The molecule has 0 saturated heterocycles. The quantitative estimate of drug-likeness (QED) is 0.784. The third kappa shape index (κ3) is 4.03. The van der Waals surface area contributed by atoms with Gasteiger partial charge >= 0.3 is 0 Å². The second-order valence-corrected chi connectivity index (χ2v) is 5.49. The molecule has 4 N–H and O–H groups in total. The van der Waals surface area contributed by atoms with Gasteiger partial charge < -0.3 is 16.4 Å². The van der Waals surface area contributed by atoms with Crippen LogP contribution in [0.5, 0.6) is 0 Å². The molecule has 0 aliphatic rings. The minimum atomic E-state index is -0.729. The molecule has 0 radical (unpaired) electrons. The van der Waals surface area contributed by atoms with Crippen LogP contribution >= 0.6 is 11.3 Å². The molecule has 110 valence electrons. The zero-order valence-corrected chi connectivity index (χ0v) is 12.5. The Hall–Kier alpha value is -2.41. The van der Waals surface area contributed by atoms with E-state index in [4.69, 9.17) is 5.73 Å². The first-order valence-corrected chi connectivity index (χ1v) is 7.23. The summed E-state index contributed by atoms with van der Waals surface area (Å²) in [5.41, 5.74) is 7.39. The van der Waals surface area contributed by atoms with Gasteiger partial charge in [-0.3, -0.25) is 9.59 Å². The van der Waals surface area contributed by atoms with Gasteiger partial charge in [0.15, 0.2) is 5.13 Å². The fourth-order valence-corrected chi connectivity index (χ4v) is 2.33. The number of carbonyl (C=O) groups is 2. The summed E-state index contributed by atoms with van der Waals surface area (Å²) in [6, 6.07) is 7.11. The molecule has 0 spiro atoms. The minimum absolute atomic E-state index is 0.253. The Bertz CT molecular complexity index is 668. The summed E-state index contributed by atoms with van der Waals surface area (Å²) < 4.78 is 0. The highest BCUT2D eigenvalue weighted by molar-refractivity contribution is 7.14. The molecule has 1 unspecified atom stereocenters. The first-order valence-electron chi connectivity index (χ1n) is 6.35. The molecule has 0 fully saturated rings. The summed E-state index contributed by atoms with van der Waals surface area (Å²) in [6.07, 6.45) is 0. The van der Waals surface area contributed by atoms with Gasteiger partial charge in [-0.25, -0.2) is 4.98 Å². The molecule has 1 aromatic heterocycles. The SMILES string of the molecule is Cc1cccc(Nc2nc(C(=O)NC(C)C(N)=O)cs2)c1. The van der Waals surface area contributed by atoms with Crippen LogP contribution in [0.25, 0.3) is 0 Å². The smallest absolute Gasteiger partial charge is 0.271 e. The van der Waals surface area contributed by atoms with E-state index in [0.29, 0.717) is 5.13 Å². The number of amides is 2. The summed E-state index contributed by atoms with van der Waals surface area (Å²) in [5, 5.41) is 7.85. The van der Waals surface area contributed by atoms with Gasteiger partial charge in [-0.15, -0.1) is 11.3 Å². The Balaban J connectivity index is 2.04. The first kappa shape index (κ1) is 15.0. The molecule has 2 rings (SSSR count). The van der Waals surface area contributed by atoms with Crippen molar-refractivity contribution in [2.24, 2.45) is 5.73 Å². The predicted molar refractivity (Wildman–Crippen MR) is 82.7 cm³/mol. The molecule has 7 heteroatoms. The van der Waals surface area contributed by atoms with Gasteiger partial charge in [0, 0.05) is 11.1 Å². The topological polar surface area (TPSA) is 97.1 Å². The van der Waals surface area contributed by atoms with E-state index in [1.165, 1.54) is 18.3 Å². The number of hydrogen-bond donors (Lipinski definition) is 3. The molecule has 2 aromatic rings. The van der Waals surface area contributed by atoms with Crippen molar-refractivity contribution in [2.45, 2.75) is 19.9 Å². The number of benzene rings is 1. The van der Waals surface area contributed by atoms with E-state index in [1.807, 2.05) is 31.2 Å². The molecule has 0 aliphatic carbocycles. The normalized spacial score (nSPS) is 11.7. The number of aryl methyl sites for hydroxylation is 1. The standard InChI is InChI=1S/C14H16N4O2S/c1-8-4-3-5-10(6-8)17-14-18-11(7-21-14)13(20)16-9(2)12(15)19/h3-7,9H,1-2H3,(H2,15,19)(H,16,20)(H,17,18). The predicted octanol–water partition coefficient (Wildman–Crippen LogP) is 1.80. The minimum Gasteiger partial charge on any atom is -0.368 e. The molecule has 1 heterocycles.